The Bertz CT molecular complexity index is 244. The van der Waals surface area contributed by atoms with Crippen molar-refractivity contribution in [1.82, 2.24) is 5.32 Å². The molecule has 2 N–H and O–H groups in total. The predicted molar refractivity (Wildman–Crippen MR) is 71.2 cm³/mol. The fraction of sp³-hybridized carbons (Fsp3) is 0.833. The highest BCUT2D eigenvalue weighted by Gasteiger charge is 2.19. The van der Waals surface area contributed by atoms with Gasteiger partial charge in [0.2, 0.25) is 5.91 Å². The summed E-state index contributed by atoms with van der Waals surface area (Å²) in [5.41, 5.74) is 0. The van der Waals surface area contributed by atoms with Crippen molar-refractivity contribution in [3.63, 3.8) is 0 Å². The molecule has 1 amide bonds. The highest BCUT2D eigenvalue weighted by atomic mass is 32.2. The average molecular weight is 261 g/mol. The van der Waals surface area contributed by atoms with Crippen LogP contribution in [0.5, 0.6) is 0 Å². The Morgan fingerprint density at radius 3 is 2.47 bits per heavy atom. The van der Waals surface area contributed by atoms with Gasteiger partial charge in [-0.1, -0.05) is 20.8 Å². The molecule has 4 nitrogen and oxygen atoms in total. The van der Waals surface area contributed by atoms with Gasteiger partial charge in [0.25, 0.3) is 0 Å². The minimum atomic E-state index is -0.833. The molecule has 0 aromatic rings. The van der Waals surface area contributed by atoms with Gasteiger partial charge < -0.3 is 10.4 Å². The molecule has 0 spiro atoms. The molecule has 0 aliphatic carbocycles. The number of carbonyl (C=O) groups is 2. The summed E-state index contributed by atoms with van der Waals surface area (Å²) in [7, 11) is 0. The molecule has 0 rings (SSSR count). The molecule has 0 aromatic carbocycles. The first-order chi connectivity index (χ1) is 7.97. The van der Waals surface area contributed by atoms with Crippen LogP contribution in [0.2, 0.25) is 0 Å². The van der Waals surface area contributed by atoms with Crippen LogP contribution < -0.4 is 5.32 Å². The van der Waals surface area contributed by atoms with Gasteiger partial charge in [-0.2, -0.15) is 11.8 Å². The number of aliphatic carboxylic acids is 1. The van der Waals surface area contributed by atoms with Gasteiger partial charge >= 0.3 is 5.97 Å². The second-order valence-electron chi connectivity index (χ2n) is 4.52. The quantitative estimate of drug-likeness (QED) is 0.623. The van der Waals surface area contributed by atoms with Crippen molar-refractivity contribution >= 4 is 23.6 Å². The third-order valence-electron chi connectivity index (χ3n) is 2.23. The molecule has 0 radical (unpaired) electrons. The lowest BCUT2D eigenvalue weighted by atomic mass is 9.97. The molecule has 1 atom stereocenters. The van der Waals surface area contributed by atoms with Crippen LogP contribution in [0.4, 0.5) is 0 Å². The molecular formula is C12H23NO3S. The number of rotatable bonds is 9. The van der Waals surface area contributed by atoms with Crippen LogP contribution in [-0.4, -0.2) is 35.0 Å². The fourth-order valence-corrected chi connectivity index (χ4v) is 2.16. The molecule has 0 aromatic heterocycles. The Kier molecular flexibility index (Phi) is 8.94. The van der Waals surface area contributed by atoms with E-state index in [-0.39, 0.29) is 12.5 Å². The number of carbonyl (C=O) groups excluding carboxylic acids is 1. The highest BCUT2D eigenvalue weighted by Crippen LogP contribution is 2.11. The van der Waals surface area contributed by atoms with Gasteiger partial charge in [-0.25, -0.2) is 0 Å². The van der Waals surface area contributed by atoms with Gasteiger partial charge in [0.1, 0.15) is 0 Å². The van der Waals surface area contributed by atoms with E-state index in [0.29, 0.717) is 18.1 Å². The third-order valence-corrected chi connectivity index (χ3v) is 3.40. The van der Waals surface area contributed by atoms with Crippen LogP contribution in [0.1, 0.15) is 33.6 Å². The Labute approximate surface area is 108 Å². The van der Waals surface area contributed by atoms with E-state index >= 15 is 0 Å². The number of thioether (sulfide) groups is 1. The maximum atomic E-state index is 11.4. The zero-order valence-corrected chi connectivity index (χ0v) is 11.7. The van der Waals surface area contributed by atoms with Gasteiger partial charge in [0.15, 0.2) is 0 Å². The van der Waals surface area contributed by atoms with E-state index in [1.807, 2.05) is 13.8 Å². The lowest BCUT2D eigenvalue weighted by molar-refractivity contribution is -0.142. The summed E-state index contributed by atoms with van der Waals surface area (Å²) in [5, 5.41) is 11.7. The summed E-state index contributed by atoms with van der Waals surface area (Å²) in [6.45, 7) is 6.26. The average Bonchev–Trinajstić information content (AvgIpc) is 2.23. The summed E-state index contributed by atoms with van der Waals surface area (Å²) >= 11 is 1.58. The van der Waals surface area contributed by atoms with Gasteiger partial charge in [-0.3, -0.25) is 9.59 Å². The molecule has 0 saturated heterocycles. The summed E-state index contributed by atoms with van der Waals surface area (Å²) < 4.78 is 0. The first kappa shape index (κ1) is 16.3. The van der Waals surface area contributed by atoms with Crippen LogP contribution in [0.15, 0.2) is 0 Å². The van der Waals surface area contributed by atoms with E-state index in [4.69, 9.17) is 5.11 Å². The molecule has 1 unspecified atom stereocenters. The number of hydrogen-bond acceptors (Lipinski definition) is 3. The van der Waals surface area contributed by atoms with E-state index in [1.54, 1.807) is 11.8 Å². The molecule has 0 aliphatic rings. The molecule has 0 saturated carbocycles. The second-order valence-corrected chi connectivity index (χ2v) is 5.63. The van der Waals surface area contributed by atoms with Crippen molar-refractivity contribution < 1.29 is 14.7 Å². The molecular weight excluding hydrogens is 238 g/mol. The Hall–Kier alpha value is -0.710. The predicted octanol–water partition coefficient (Wildman–Crippen LogP) is 1.99. The van der Waals surface area contributed by atoms with Crippen molar-refractivity contribution in [3.05, 3.63) is 0 Å². The first-order valence-electron chi connectivity index (χ1n) is 6.04. The normalized spacial score (nSPS) is 12.5. The van der Waals surface area contributed by atoms with Crippen molar-refractivity contribution in [1.29, 1.82) is 0 Å². The summed E-state index contributed by atoms with van der Waals surface area (Å²) in [4.78, 5) is 22.4. The van der Waals surface area contributed by atoms with E-state index in [1.165, 1.54) is 0 Å². The fourth-order valence-electron chi connectivity index (χ4n) is 1.44. The zero-order chi connectivity index (χ0) is 13.3. The minimum absolute atomic E-state index is 0.0709. The first-order valence-corrected chi connectivity index (χ1v) is 7.20. The Balaban J connectivity index is 3.87. The summed E-state index contributed by atoms with van der Waals surface area (Å²) in [6, 6.07) is 0. The molecule has 5 heteroatoms. The van der Waals surface area contributed by atoms with E-state index in [9.17, 15) is 9.59 Å². The van der Waals surface area contributed by atoms with Crippen LogP contribution >= 0.6 is 11.8 Å². The van der Waals surface area contributed by atoms with Gasteiger partial charge in [0.05, 0.1) is 11.7 Å². The second kappa shape index (κ2) is 9.33. The highest BCUT2D eigenvalue weighted by molar-refractivity contribution is 7.99. The smallest absolute Gasteiger partial charge is 0.308 e. The van der Waals surface area contributed by atoms with E-state index in [0.717, 1.165) is 12.2 Å². The van der Waals surface area contributed by atoms with Crippen LogP contribution in [-0.2, 0) is 9.59 Å². The third kappa shape index (κ3) is 9.03. The van der Waals surface area contributed by atoms with Crippen molar-refractivity contribution in [2.24, 2.45) is 11.8 Å². The molecule has 0 bridgehead atoms. The molecule has 100 valence electrons. The maximum Gasteiger partial charge on any atom is 0.308 e. The standard InChI is InChI=1S/C12H23NO3S/c1-4-5-17-8-11(14)13-7-10(12(15)16)6-9(2)3/h9-10H,4-8H2,1-3H3,(H,13,14)(H,15,16). The molecule has 0 fully saturated rings. The van der Waals surface area contributed by atoms with E-state index < -0.39 is 11.9 Å². The number of carboxylic acids is 1. The summed E-state index contributed by atoms with van der Waals surface area (Å²) in [5.74, 6) is 0.320. The molecule has 17 heavy (non-hydrogen) atoms. The number of amides is 1. The number of nitrogens with one attached hydrogen (secondary N) is 1. The minimum Gasteiger partial charge on any atom is -0.481 e. The molecule has 0 heterocycles. The molecule has 0 aliphatic heterocycles. The topological polar surface area (TPSA) is 66.4 Å². The van der Waals surface area contributed by atoms with Crippen molar-refractivity contribution in [2.75, 3.05) is 18.1 Å². The number of hydrogen-bond donors (Lipinski definition) is 2. The van der Waals surface area contributed by atoms with Crippen LogP contribution in [0, 0.1) is 11.8 Å². The SMILES string of the molecule is CCCSCC(=O)NCC(CC(C)C)C(=O)O. The van der Waals surface area contributed by atoms with Crippen molar-refractivity contribution in [3.8, 4) is 0 Å². The Morgan fingerprint density at radius 2 is 2.00 bits per heavy atom. The summed E-state index contributed by atoms with van der Waals surface area (Å²) in [6.07, 6.45) is 1.64. The largest absolute Gasteiger partial charge is 0.481 e. The monoisotopic (exact) mass is 261 g/mol. The Morgan fingerprint density at radius 1 is 1.35 bits per heavy atom. The maximum absolute atomic E-state index is 11.4. The lowest BCUT2D eigenvalue weighted by Crippen LogP contribution is -2.34. The van der Waals surface area contributed by atoms with Crippen LogP contribution in [0.25, 0.3) is 0 Å². The van der Waals surface area contributed by atoms with Gasteiger partial charge in [-0.15, -0.1) is 0 Å². The van der Waals surface area contributed by atoms with Crippen LogP contribution in [0.3, 0.4) is 0 Å². The van der Waals surface area contributed by atoms with Gasteiger partial charge in [0, 0.05) is 6.54 Å². The van der Waals surface area contributed by atoms with E-state index in [2.05, 4.69) is 12.2 Å². The number of carboxylic acid groups (broad SMARTS) is 1. The zero-order valence-electron chi connectivity index (χ0n) is 10.9. The van der Waals surface area contributed by atoms with Gasteiger partial charge in [-0.05, 0) is 24.5 Å². The lowest BCUT2D eigenvalue weighted by Gasteiger charge is -2.15. The van der Waals surface area contributed by atoms with Crippen molar-refractivity contribution in [2.45, 2.75) is 33.6 Å².